The van der Waals surface area contributed by atoms with E-state index < -0.39 is 6.10 Å². The van der Waals surface area contributed by atoms with Gasteiger partial charge in [-0.05, 0) is 31.7 Å². The Balaban J connectivity index is 1.87. The molecule has 3 heteroatoms. The van der Waals surface area contributed by atoms with E-state index in [-0.39, 0.29) is 6.61 Å². The lowest BCUT2D eigenvalue weighted by Gasteiger charge is -2.32. The number of hydrogen-bond acceptors (Lipinski definition) is 3. The summed E-state index contributed by atoms with van der Waals surface area (Å²) in [6.45, 7) is 1.68. The summed E-state index contributed by atoms with van der Waals surface area (Å²) < 4.78 is 0. The molecule has 2 fully saturated rings. The molecule has 0 radical (unpaired) electrons. The van der Waals surface area contributed by atoms with E-state index in [1.165, 1.54) is 32.1 Å². The van der Waals surface area contributed by atoms with Gasteiger partial charge in [-0.2, -0.15) is 0 Å². The molecule has 1 unspecified atom stereocenters. The van der Waals surface area contributed by atoms with Crippen LogP contribution in [0.3, 0.4) is 0 Å². The van der Waals surface area contributed by atoms with E-state index >= 15 is 0 Å². The van der Waals surface area contributed by atoms with Crippen LogP contribution in [0.4, 0.5) is 0 Å². The van der Waals surface area contributed by atoms with Gasteiger partial charge < -0.3 is 10.2 Å². The molecule has 1 aliphatic heterocycles. The first-order valence-electron chi connectivity index (χ1n) is 5.84. The van der Waals surface area contributed by atoms with Crippen LogP contribution >= 0.6 is 0 Å². The summed E-state index contributed by atoms with van der Waals surface area (Å²) in [6, 6.07) is 0.699. The Labute approximate surface area is 85.7 Å². The smallest absolute Gasteiger partial charge is 0.0897 e. The van der Waals surface area contributed by atoms with Crippen LogP contribution in [-0.4, -0.2) is 47.0 Å². The van der Waals surface area contributed by atoms with Crippen molar-refractivity contribution in [2.24, 2.45) is 5.92 Å². The van der Waals surface area contributed by atoms with E-state index in [4.69, 9.17) is 5.11 Å². The number of rotatable bonds is 3. The van der Waals surface area contributed by atoms with Gasteiger partial charge in [0.1, 0.15) is 0 Å². The second kappa shape index (κ2) is 4.60. The topological polar surface area (TPSA) is 43.7 Å². The van der Waals surface area contributed by atoms with Crippen LogP contribution in [0.2, 0.25) is 0 Å². The van der Waals surface area contributed by atoms with Crippen molar-refractivity contribution < 1.29 is 10.2 Å². The summed E-state index contributed by atoms with van der Waals surface area (Å²) in [5.74, 6) is 0.870. The molecule has 0 aromatic carbocycles. The lowest BCUT2D eigenvalue weighted by atomic mass is 9.85. The number of likely N-dealkylation sites (tertiary alicyclic amines) is 1. The van der Waals surface area contributed by atoms with E-state index in [0.29, 0.717) is 12.6 Å². The van der Waals surface area contributed by atoms with Crippen LogP contribution in [0.5, 0.6) is 0 Å². The maximum Gasteiger partial charge on any atom is 0.0897 e. The van der Waals surface area contributed by atoms with Crippen molar-refractivity contribution in [2.75, 3.05) is 19.7 Å². The molecule has 2 N–H and O–H groups in total. The van der Waals surface area contributed by atoms with Crippen LogP contribution in [0.25, 0.3) is 0 Å². The summed E-state index contributed by atoms with van der Waals surface area (Å²) >= 11 is 0. The molecular weight excluding hydrogens is 178 g/mol. The molecule has 0 aromatic heterocycles. The molecule has 2 aliphatic rings. The van der Waals surface area contributed by atoms with Gasteiger partial charge >= 0.3 is 0 Å². The number of fused-ring (bicyclic) bond motifs is 1. The average Bonchev–Trinajstić information content (AvgIpc) is 2.62. The van der Waals surface area contributed by atoms with Crippen molar-refractivity contribution >= 4 is 0 Å². The highest BCUT2D eigenvalue weighted by molar-refractivity contribution is 4.90. The van der Waals surface area contributed by atoms with Gasteiger partial charge in [0.2, 0.25) is 0 Å². The predicted octanol–water partition coefficient (Wildman–Crippen LogP) is 0.604. The number of β-amino-alcohol motifs (C(OH)–C–C–N with tert-alkyl or cyclic N) is 1. The molecule has 0 bridgehead atoms. The highest BCUT2D eigenvalue weighted by Crippen LogP contribution is 2.35. The second-order valence-corrected chi connectivity index (χ2v) is 4.73. The lowest BCUT2D eigenvalue weighted by molar-refractivity contribution is 0.0473. The maximum atomic E-state index is 9.42. The molecule has 1 heterocycles. The minimum absolute atomic E-state index is 0.103. The molecule has 1 saturated heterocycles. The van der Waals surface area contributed by atoms with Crippen LogP contribution < -0.4 is 0 Å². The average molecular weight is 199 g/mol. The third-order valence-electron chi connectivity index (χ3n) is 3.78. The first-order valence-corrected chi connectivity index (χ1v) is 5.84. The first kappa shape index (κ1) is 10.4. The maximum absolute atomic E-state index is 9.42. The second-order valence-electron chi connectivity index (χ2n) is 4.73. The fourth-order valence-electron chi connectivity index (χ4n) is 3.06. The van der Waals surface area contributed by atoms with Crippen molar-refractivity contribution in [1.82, 2.24) is 4.90 Å². The van der Waals surface area contributed by atoms with Crippen molar-refractivity contribution in [3.63, 3.8) is 0 Å². The molecule has 1 saturated carbocycles. The summed E-state index contributed by atoms with van der Waals surface area (Å²) in [6.07, 6.45) is 6.14. The third-order valence-corrected chi connectivity index (χ3v) is 3.78. The van der Waals surface area contributed by atoms with Gasteiger partial charge in [-0.3, -0.25) is 4.90 Å². The monoisotopic (exact) mass is 199 g/mol. The van der Waals surface area contributed by atoms with Crippen molar-refractivity contribution in [1.29, 1.82) is 0 Å². The number of nitrogens with zero attached hydrogens (tertiary/aromatic N) is 1. The summed E-state index contributed by atoms with van der Waals surface area (Å²) in [5, 5.41) is 18.2. The third kappa shape index (κ3) is 2.10. The Morgan fingerprint density at radius 3 is 2.79 bits per heavy atom. The molecule has 3 nitrogen and oxygen atoms in total. The van der Waals surface area contributed by atoms with Crippen LogP contribution in [0.15, 0.2) is 0 Å². The first-order chi connectivity index (χ1) is 6.81. The highest BCUT2D eigenvalue weighted by atomic mass is 16.3. The number of aliphatic hydroxyl groups excluding tert-OH is 2. The fourth-order valence-corrected chi connectivity index (χ4v) is 3.06. The number of hydrogen-bond donors (Lipinski definition) is 2. The van der Waals surface area contributed by atoms with Gasteiger partial charge in [0, 0.05) is 12.6 Å². The predicted molar refractivity (Wildman–Crippen MR) is 55.0 cm³/mol. The van der Waals surface area contributed by atoms with Crippen molar-refractivity contribution in [3.05, 3.63) is 0 Å². The molecule has 14 heavy (non-hydrogen) atoms. The Hall–Kier alpha value is -0.120. The van der Waals surface area contributed by atoms with Crippen molar-refractivity contribution in [3.8, 4) is 0 Å². The molecule has 0 aromatic rings. The van der Waals surface area contributed by atoms with Gasteiger partial charge in [0.25, 0.3) is 0 Å². The largest absolute Gasteiger partial charge is 0.394 e. The van der Waals surface area contributed by atoms with Crippen LogP contribution in [0, 0.1) is 5.92 Å². The zero-order valence-corrected chi connectivity index (χ0v) is 8.73. The molecule has 82 valence electrons. The van der Waals surface area contributed by atoms with E-state index in [1.54, 1.807) is 0 Å². The fraction of sp³-hybridized carbons (Fsp3) is 1.00. The van der Waals surface area contributed by atoms with Gasteiger partial charge in [0.05, 0.1) is 12.7 Å². The minimum atomic E-state index is -0.546. The zero-order valence-electron chi connectivity index (χ0n) is 8.73. The molecule has 1 aliphatic carbocycles. The van der Waals surface area contributed by atoms with Gasteiger partial charge in [-0.25, -0.2) is 0 Å². The minimum Gasteiger partial charge on any atom is -0.394 e. The molecule has 0 spiro atoms. The Bertz CT molecular complexity index is 186. The Morgan fingerprint density at radius 2 is 2.00 bits per heavy atom. The Morgan fingerprint density at radius 1 is 1.21 bits per heavy atom. The summed E-state index contributed by atoms with van der Waals surface area (Å²) in [5.41, 5.74) is 0. The van der Waals surface area contributed by atoms with Gasteiger partial charge in [-0.1, -0.05) is 12.8 Å². The molecule has 0 amide bonds. The quantitative estimate of drug-likeness (QED) is 0.699. The van der Waals surface area contributed by atoms with Gasteiger partial charge in [0.15, 0.2) is 0 Å². The summed E-state index contributed by atoms with van der Waals surface area (Å²) in [4.78, 5) is 2.38. The standard InChI is InChI=1S/C11H21NO2/c13-8-10(14)7-12-6-5-9-3-1-2-4-11(9)12/h9-11,13-14H,1-8H2/t9-,10?,11-/m0/s1. The molecule has 3 atom stereocenters. The lowest BCUT2D eigenvalue weighted by Crippen LogP contribution is -2.40. The zero-order chi connectivity index (χ0) is 9.97. The van der Waals surface area contributed by atoms with Crippen LogP contribution in [-0.2, 0) is 0 Å². The SMILES string of the molecule is OCC(O)CN1CC[C@@H]2CCCC[C@@H]21. The summed E-state index contributed by atoms with van der Waals surface area (Å²) in [7, 11) is 0. The van der Waals surface area contributed by atoms with E-state index in [2.05, 4.69) is 4.90 Å². The van der Waals surface area contributed by atoms with Crippen LogP contribution in [0.1, 0.15) is 32.1 Å². The molecular formula is C11H21NO2. The Kier molecular flexibility index (Phi) is 3.42. The molecule has 2 rings (SSSR count). The normalized spacial score (nSPS) is 35.6. The van der Waals surface area contributed by atoms with E-state index in [0.717, 1.165) is 12.5 Å². The van der Waals surface area contributed by atoms with Gasteiger partial charge in [-0.15, -0.1) is 0 Å². The number of aliphatic hydroxyl groups is 2. The van der Waals surface area contributed by atoms with Crippen molar-refractivity contribution in [2.45, 2.75) is 44.2 Å². The van der Waals surface area contributed by atoms with E-state index in [9.17, 15) is 5.11 Å². The van der Waals surface area contributed by atoms with E-state index in [1.807, 2.05) is 0 Å². The highest BCUT2D eigenvalue weighted by Gasteiger charge is 2.35.